The van der Waals surface area contributed by atoms with Crippen molar-refractivity contribution in [2.24, 2.45) is 0 Å². The molecule has 1 aromatic heterocycles. The number of likely N-dealkylation sites (tertiary alicyclic amines) is 1. The lowest BCUT2D eigenvalue weighted by molar-refractivity contribution is 0.180. The molecule has 1 fully saturated rings. The number of benzene rings is 1. The van der Waals surface area contributed by atoms with Crippen LogP contribution in [0.4, 0.5) is 0 Å². The summed E-state index contributed by atoms with van der Waals surface area (Å²) in [5.74, 6) is 2.30. The third-order valence-electron chi connectivity index (χ3n) is 4.40. The molecule has 0 bridgehead atoms. The molecule has 1 aromatic carbocycles. The van der Waals surface area contributed by atoms with Crippen LogP contribution in [-0.2, 0) is 6.54 Å². The summed E-state index contributed by atoms with van der Waals surface area (Å²) >= 11 is 0. The standard InChI is InChI=1S/C19H26N4O2/c1-15-21-19(22-25-15)14-23-12-6-9-17(13-23)20-11-5-8-16-7-3-4-10-18(16)24-2/h3-5,7-8,10,17,20H,6,9,11-14H2,1-2H3. The highest BCUT2D eigenvalue weighted by Gasteiger charge is 2.20. The van der Waals surface area contributed by atoms with Crippen molar-refractivity contribution in [1.29, 1.82) is 0 Å². The Hall–Kier alpha value is -2.18. The summed E-state index contributed by atoms with van der Waals surface area (Å²) in [7, 11) is 1.70. The first-order valence-corrected chi connectivity index (χ1v) is 8.79. The average molecular weight is 342 g/mol. The molecule has 3 rings (SSSR count). The summed E-state index contributed by atoms with van der Waals surface area (Å²) in [4.78, 5) is 6.68. The summed E-state index contributed by atoms with van der Waals surface area (Å²) in [6.45, 7) is 5.52. The number of ether oxygens (including phenoxy) is 1. The van der Waals surface area contributed by atoms with E-state index in [-0.39, 0.29) is 0 Å². The van der Waals surface area contributed by atoms with Gasteiger partial charge in [0.05, 0.1) is 13.7 Å². The summed E-state index contributed by atoms with van der Waals surface area (Å²) < 4.78 is 10.4. The molecule has 0 aliphatic carbocycles. The summed E-state index contributed by atoms with van der Waals surface area (Å²) in [6.07, 6.45) is 6.64. The van der Waals surface area contributed by atoms with Gasteiger partial charge in [-0.3, -0.25) is 4.90 Å². The SMILES string of the molecule is COc1ccccc1C=CCNC1CCCN(Cc2noc(C)n2)C1. The first-order valence-electron chi connectivity index (χ1n) is 8.79. The number of rotatable bonds is 7. The van der Waals surface area contributed by atoms with E-state index < -0.39 is 0 Å². The van der Waals surface area contributed by atoms with E-state index in [1.54, 1.807) is 7.11 Å². The van der Waals surface area contributed by atoms with Gasteiger partial charge in [-0.15, -0.1) is 0 Å². The van der Waals surface area contributed by atoms with Crippen LogP contribution >= 0.6 is 0 Å². The number of hydrogen-bond donors (Lipinski definition) is 1. The Morgan fingerprint density at radius 2 is 2.28 bits per heavy atom. The van der Waals surface area contributed by atoms with Gasteiger partial charge in [-0.2, -0.15) is 4.98 Å². The molecule has 0 spiro atoms. The van der Waals surface area contributed by atoms with Gasteiger partial charge < -0.3 is 14.6 Å². The van der Waals surface area contributed by atoms with Gasteiger partial charge in [0.25, 0.3) is 0 Å². The zero-order valence-corrected chi connectivity index (χ0v) is 14.9. The quantitative estimate of drug-likeness (QED) is 0.835. The molecule has 0 amide bonds. The lowest BCUT2D eigenvalue weighted by Gasteiger charge is -2.32. The molecule has 1 aliphatic rings. The summed E-state index contributed by atoms with van der Waals surface area (Å²) in [5.41, 5.74) is 1.10. The second-order valence-electron chi connectivity index (χ2n) is 6.36. The first-order chi connectivity index (χ1) is 12.2. The minimum Gasteiger partial charge on any atom is -0.496 e. The van der Waals surface area contributed by atoms with Crippen LogP contribution in [0.1, 0.15) is 30.1 Å². The van der Waals surface area contributed by atoms with E-state index in [9.17, 15) is 0 Å². The Kier molecular flexibility index (Phi) is 6.19. The number of hydrogen-bond acceptors (Lipinski definition) is 6. The molecular formula is C19H26N4O2. The van der Waals surface area contributed by atoms with Crippen molar-refractivity contribution in [2.45, 2.75) is 32.4 Å². The van der Waals surface area contributed by atoms with E-state index >= 15 is 0 Å². The molecule has 6 nitrogen and oxygen atoms in total. The molecule has 1 saturated heterocycles. The Labute approximate surface area is 148 Å². The molecule has 1 unspecified atom stereocenters. The Morgan fingerprint density at radius 1 is 1.40 bits per heavy atom. The number of nitrogens with zero attached hydrogens (tertiary/aromatic N) is 3. The number of methoxy groups -OCH3 is 1. The van der Waals surface area contributed by atoms with E-state index in [2.05, 4.69) is 38.6 Å². The van der Waals surface area contributed by atoms with Gasteiger partial charge in [-0.1, -0.05) is 35.5 Å². The zero-order chi connectivity index (χ0) is 17.5. The smallest absolute Gasteiger partial charge is 0.223 e. The van der Waals surface area contributed by atoms with Crippen LogP contribution in [0.5, 0.6) is 5.75 Å². The van der Waals surface area contributed by atoms with Crippen LogP contribution in [0.25, 0.3) is 6.08 Å². The molecule has 1 atom stereocenters. The highest BCUT2D eigenvalue weighted by Crippen LogP contribution is 2.18. The van der Waals surface area contributed by atoms with E-state index in [4.69, 9.17) is 9.26 Å². The minimum atomic E-state index is 0.490. The zero-order valence-electron chi connectivity index (χ0n) is 14.9. The van der Waals surface area contributed by atoms with Crippen LogP contribution in [0, 0.1) is 6.92 Å². The first kappa shape index (κ1) is 17.6. The summed E-state index contributed by atoms with van der Waals surface area (Å²) in [6, 6.07) is 8.53. The minimum absolute atomic E-state index is 0.490. The largest absolute Gasteiger partial charge is 0.496 e. The third-order valence-corrected chi connectivity index (χ3v) is 4.40. The van der Waals surface area contributed by atoms with Gasteiger partial charge in [0.2, 0.25) is 5.89 Å². The van der Waals surface area contributed by atoms with Crippen molar-refractivity contribution in [3.05, 3.63) is 47.6 Å². The Morgan fingerprint density at radius 3 is 3.08 bits per heavy atom. The van der Waals surface area contributed by atoms with Crippen LogP contribution in [0.2, 0.25) is 0 Å². The van der Waals surface area contributed by atoms with Crippen LogP contribution in [0.3, 0.4) is 0 Å². The van der Waals surface area contributed by atoms with E-state index in [1.807, 2.05) is 25.1 Å². The topological polar surface area (TPSA) is 63.4 Å². The highest BCUT2D eigenvalue weighted by molar-refractivity contribution is 5.57. The number of para-hydroxylation sites is 1. The number of aromatic nitrogens is 2. The fraction of sp³-hybridized carbons (Fsp3) is 0.474. The highest BCUT2D eigenvalue weighted by atomic mass is 16.5. The Bertz CT molecular complexity index is 698. The fourth-order valence-corrected chi connectivity index (χ4v) is 3.20. The molecular weight excluding hydrogens is 316 g/mol. The van der Waals surface area contributed by atoms with Gasteiger partial charge in [0.1, 0.15) is 5.75 Å². The van der Waals surface area contributed by atoms with Crippen molar-refractivity contribution < 1.29 is 9.26 Å². The van der Waals surface area contributed by atoms with Crippen molar-refractivity contribution in [3.8, 4) is 5.75 Å². The second-order valence-corrected chi connectivity index (χ2v) is 6.36. The number of piperidine rings is 1. The number of nitrogens with one attached hydrogen (secondary N) is 1. The van der Waals surface area contributed by atoms with Crippen molar-refractivity contribution in [1.82, 2.24) is 20.4 Å². The van der Waals surface area contributed by atoms with E-state index in [0.29, 0.717) is 11.9 Å². The van der Waals surface area contributed by atoms with Crippen molar-refractivity contribution >= 4 is 6.08 Å². The van der Waals surface area contributed by atoms with Gasteiger partial charge in [-0.25, -0.2) is 0 Å². The molecule has 1 N–H and O–H groups in total. The van der Waals surface area contributed by atoms with Gasteiger partial charge in [0, 0.05) is 31.6 Å². The van der Waals surface area contributed by atoms with Crippen molar-refractivity contribution in [2.75, 3.05) is 26.7 Å². The Balaban J connectivity index is 1.45. The van der Waals surface area contributed by atoms with Gasteiger partial charge in [0.15, 0.2) is 5.82 Å². The lowest BCUT2D eigenvalue weighted by Crippen LogP contribution is -2.45. The third kappa shape index (κ3) is 5.14. The van der Waals surface area contributed by atoms with Crippen molar-refractivity contribution in [3.63, 3.8) is 0 Å². The maximum atomic E-state index is 5.37. The molecule has 0 radical (unpaired) electrons. The molecule has 25 heavy (non-hydrogen) atoms. The average Bonchev–Trinajstić information content (AvgIpc) is 3.04. The monoisotopic (exact) mass is 342 g/mol. The maximum Gasteiger partial charge on any atom is 0.223 e. The van der Waals surface area contributed by atoms with E-state index in [0.717, 1.165) is 43.3 Å². The normalized spacial score (nSPS) is 18.7. The fourth-order valence-electron chi connectivity index (χ4n) is 3.20. The molecule has 6 heteroatoms. The molecule has 1 aliphatic heterocycles. The van der Waals surface area contributed by atoms with Gasteiger partial charge >= 0.3 is 0 Å². The van der Waals surface area contributed by atoms with Crippen LogP contribution in [0.15, 0.2) is 34.9 Å². The maximum absolute atomic E-state index is 5.37. The predicted molar refractivity (Wildman–Crippen MR) is 97.4 cm³/mol. The van der Waals surface area contributed by atoms with E-state index in [1.165, 1.54) is 12.8 Å². The number of aryl methyl sites for hydroxylation is 1. The second kappa shape index (κ2) is 8.78. The molecule has 0 saturated carbocycles. The van der Waals surface area contributed by atoms with Gasteiger partial charge in [-0.05, 0) is 25.5 Å². The lowest BCUT2D eigenvalue weighted by atomic mass is 10.1. The van der Waals surface area contributed by atoms with Crippen LogP contribution in [-0.4, -0.2) is 47.8 Å². The summed E-state index contributed by atoms with van der Waals surface area (Å²) in [5, 5.41) is 7.61. The molecule has 2 heterocycles. The van der Waals surface area contributed by atoms with Crippen LogP contribution < -0.4 is 10.1 Å². The molecule has 2 aromatic rings. The molecule has 134 valence electrons. The predicted octanol–water partition coefficient (Wildman–Crippen LogP) is 2.65.